The van der Waals surface area contributed by atoms with E-state index < -0.39 is 28.5 Å². The highest BCUT2D eigenvalue weighted by Gasteiger charge is 2.34. The van der Waals surface area contributed by atoms with Gasteiger partial charge in [0.05, 0.1) is 17.7 Å². The summed E-state index contributed by atoms with van der Waals surface area (Å²) in [4.78, 5) is 28.3. The maximum atomic E-state index is 14.0. The van der Waals surface area contributed by atoms with Crippen LogP contribution < -0.4 is 14.4 Å². The number of hydrogen-bond donors (Lipinski definition) is 1. The first kappa shape index (κ1) is 31.3. The molecule has 0 aliphatic carbocycles. The zero-order chi connectivity index (χ0) is 29.4. The number of benzene rings is 3. The number of halogens is 2. The zero-order valence-corrected chi connectivity index (χ0v) is 25.2. The van der Waals surface area contributed by atoms with Crippen molar-refractivity contribution >= 4 is 50.7 Å². The molecular weight excluding hydrogens is 573 g/mol. The van der Waals surface area contributed by atoms with Crippen LogP contribution in [0.1, 0.15) is 31.4 Å². The fourth-order valence-corrected chi connectivity index (χ4v) is 5.89. The number of amides is 2. The number of carbonyl (C=O) groups excluding carboxylic acids is 2. The molecule has 3 aromatic carbocycles. The van der Waals surface area contributed by atoms with E-state index in [-0.39, 0.29) is 28.8 Å². The second-order valence-electron chi connectivity index (χ2n) is 9.22. The van der Waals surface area contributed by atoms with E-state index in [1.807, 2.05) is 13.8 Å². The van der Waals surface area contributed by atoms with Gasteiger partial charge in [0.2, 0.25) is 11.8 Å². The van der Waals surface area contributed by atoms with Gasteiger partial charge in [0, 0.05) is 23.1 Å². The molecule has 0 unspecified atom stereocenters. The van der Waals surface area contributed by atoms with Crippen LogP contribution in [0.4, 0.5) is 5.69 Å². The van der Waals surface area contributed by atoms with Gasteiger partial charge in [0.25, 0.3) is 10.0 Å². The van der Waals surface area contributed by atoms with Crippen molar-refractivity contribution in [3.8, 4) is 5.75 Å². The van der Waals surface area contributed by atoms with Crippen molar-refractivity contribution in [2.75, 3.05) is 24.5 Å². The van der Waals surface area contributed by atoms with Gasteiger partial charge in [-0.1, -0.05) is 66.0 Å². The summed E-state index contributed by atoms with van der Waals surface area (Å²) in [6.07, 6.45) is 0.714. The molecule has 1 atom stereocenters. The van der Waals surface area contributed by atoms with E-state index in [2.05, 4.69) is 5.32 Å². The Morgan fingerprint density at radius 1 is 1.02 bits per heavy atom. The maximum absolute atomic E-state index is 14.0. The van der Waals surface area contributed by atoms with Gasteiger partial charge in [-0.15, -0.1) is 0 Å². The number of nitrogens with zero attached hydrogens (tertiary/aromatic N) is 2. The molecule has 0 aliphatic heterocycles. The van der Waals surface area contributed by atoms with Crippen LogP contribution in [0.25, 0.3) is 0 Å². The monoisotopic (exact) mass is 605 g/mol. The Morgan fingerprint density at radius 2 is 1.70 bits per heavy atom. The van der Waals surface area contributed by atoms with E-state index in [0.717, 1.165) is 9.87 Å². The number of hydrogen-bond acceptors (Lipinski definition) is 5. The van der Waals surface area contributed by atoms with E-state index >= 15 is 0 Å². The summed E-state index contributed by atoms with van der Waals surface area (Å²) in [5, 5.41) is 3.55. The molecular formula is C29H33Cl2N3O5S. The van der Waals surface area contributed by atoms with Crippen molar-refractivity contribution in [1.29, 1.82) is 0 Å². The third-order valence-corrected chi connectivity index (χ3v) is 8.67. The Kier molecular flexibility index (Phi) is 10.8. The van der Waals surface area contributed by atoms with Crippen LogP contribution in [0.2, 0.25) is 10.0 Å². The van der Waals surface area contributed by atoms with E-state index in [0.29, 0.717) is 28.6 Å². The largest absolute Gasteiger partial charge is 0.495 e. The lowest BCUT2D eigenvalue weighted by molar-refractivity contribution is -0.139. The van der Waals surface area contributed by atoms with Crippen LogP contribution in [-0.4, -0.2) is 51.4 Å². The molecule has 1 N–H and O–H groups in total. The van der Waals surface area contributed by atoms with Gasteiger partial charge in [0.1, 0.15) is 18.3 Å². The van der Waals surface area contributed by atoms with Gasteiger partial charge >= 0.3 is 0 Å². The first-order valence-electron chi connectivity index (χ1n) is 12.7. The lowest BCUT2D eigenvalue weighted by Crippen LogP contribution is -2.51. The third-order valence-electron chi connectivity index (χ3n) is 6.31. The molecule has 11 heteroatoms. The molecule has 3 rings (SSSR count). The minimum atomic E-state index is -4.22. The van der Waals surface area contributed by atoms with Crippen molar-refractivity contribution in [2.45, 2.75) is 44.7 Å². The Bertz CT molecular complexity index is 1450. The van der Waals surface area contributed by atoms with Gasteiger partial charge in [-0.05, 0) is 62.2 Å². The number of para-hydroxylation sites is 2. The van der Waals surface area contributed by atoms with Crippen LogP contribution >= 0.6 is 23.2 Å². The predicted octanol–water partition coefficient (Wildman–Crippen LogP) is 5.45. The molecule has 0 bridgehead atoms. The van der Waals surface area contributed by atoms with E-state index in [1.54, 1.807) is 61.5 Å². The zero-order valence-electron chi connectivity index (χ0n) is 22.9. The molecule has 0 aliphatic rings. The van der Waals surface area contributed by atoms with Crippen molar-refractivity contribution in [1.82, 2.24) is 10.2 Å². The summed E-state index contributed by atoms with van der Waals surface area (Å²) < 4.78 is 34.4. The first-order chi connectivity index (χ1) is 19.0. The number of methoxy groups -OCH3 is 1. The first-order valence-corrected chi connectivity index (χ1v) is 14.9. The predicted molar refractivity (Wildman–Crippen MR) is 158 cm³/mol. The molecule has 0 saturated carbocycles. The molecule has 0 spiro atoms. The highest BCUT2D eigenvalue weighted by Crippen LogP contribution is 2.33. The Labute approximate surface area is 245 Å². The van der Waals surface area contributed by atoms with Gasteiger partial charge < -0.3 is 15.0 Å². The van der Waals surface area contributed by atoms with Crippen molar-refractivity contribution < 1.29 is 22.7 Å². The van der Waals surface area contributed by atoms with Gasteiger partial charge in [-0.25, -0.2) is 8.42 Å². The molecule has 0 fully saturated rings. The van der Waals surface area contributed by atoms with Crippen LogP contribution in [0.5, 0.6) is 5.75 Å². The number of aryl methyl sites for hydroxylation is 1. The van der Waals surface area contributed by atoms with Gasteiger partial charge in [0.15, 0.2) is 0 Å². The molecule has 0 heterocycles. The number of ether oxygens (including phenoxy) is 1. The highest BCUT2D eigenvalue weighted by molar-refractivity contribution is 7.92. The minimum absolute atomic E-state index is 0.0119. The number of nitrogens with one attached hydrogen (secondary N) is 1. The van der Waals surface area contributed by atoms with Crippen molar-refractivity contribution in [3.63, 3.8) is 0 Å². The molecule has 0 aromatic heterocycles. The Hall–Kier alpha value is -3.27. The second kappa shape index (κ2) is 13.9. The summed E-state index contributed by atoms with van der Waals surface area (Å²) in [6, 6.07) is 16.8. The highest BCUT2D eigenvalue weighted by atomic mass is 35.5. The molecule has 8 nitrogen and oxygen atoms in total. The minimum Gasteiger partial charge on any atom is -0.495 e. The molecule has 40 heavy (non-hydrogen) atoms. The summed E-state index contributed by atoms with van der Waals surface area (Å²) in [6.45, 7) is 5.16. The third kappa shape index (κ3) is 7.47. The Morgan fingerprint density at radius 3 is 2.33 bits per heavy atom. The lowest BCUT2D eigenvalue weighted by Gasteiger charge is -2.32. The number of anilines is 1. The average molecular weight is 607 g/mol. The summed E-state index contributed by atoms with van der Waals surface area (Å²) >= 11 is 12.5. The van der Waals surface area contributed by atoms with E-state index in [4.69, 9.17) is 27.9 Å². The summed E-state index contributed by atoms with van der Waals surface area (Å²) in [5.74, 6) is -0.704. The molecule has 214 valence electrons. The van der Waals surface area contributed by atoms with Crippen LogP contribution in [0, 0.1) is 6.92 Å². The quantitative estimate of drug-likeness (QED) is 0.296. The molecule has 0 radical (unpaired) electrons. The van der Waals surface area contributed by atoms with Crippen LogP contribution in [0.3, 0.4) is 0 Å². The van der Waals surface area contributed by atoms with E-state index in [9.17, 15) is 18.0 Å². The molecule has 0 saturated heterocycles. The van der Waals surface area contributed by atoms with Crippen molar-refractivity contribution in [3.05, 3.63) is 87.9 Å². The lowest BCUT2D eigenvalue weighted by atomic mass is 10.1. The number of sulfonamides is 1. The van der Waals surface area contributed by atoms with Crippen LogP contribution in [0.15, 0.2) is 71.6 Å². The number of carbonyl (C=O) groups is 2. The van der Waals surface area contributed by atoms with Crippen LogP contribution in [-0.2, 0) is 26.2 Å². The second-order valence-corrected chi connectivity index (χ2v) is 11.9. The maximum Gasteiger partial charge on any atom is 0.264 e. The summed E-state index contributed by atoms with van der Waals surface area (Å²) in [7, 11) is -2.79. The average Bonchev–Trinajstić information content (AvgIpc) is 2.93. The summed E-state index contributed by atoms with van der Waals surface area (Å²) in [5.41, 5.74) is 1.63. The Balaban J connectivity index is 2.08. The van der Waals surface area contributed by atoms with Gasteiger partial charge in [-0.2, -0.15) is 0 Å². The van der Waals surface area contributed by atoms with E-state index in [1.165, 1.54) is 24.1 Å². The fourth-order valence-electron chi connectivity index (χ4n) is 4.00. The standard InChI is InChI=1S/C29H33Cl2N3O5S/c1-5-16-32-29(36)21(3)33(18-22-12-13-23(30)17-25(22)31)28(35)19-34(26-8-6-7-9-27(26)39-4)40(37,38)24-14-10-20(2)11-15-24/h6-15,17,21H,5,16,18-19H2,1-4H3,(H,32,36)/t21-/m0/s1. The fraction of sp³-hybridized carbons (Fsp3) is 0.310. The number of rotatable bonds is 12. The SMILES string of the molecule is CCCNC(=O)[C@H](C)N(Cc1ccc(Cl)cc1Cl)C(=O)CN(c1ccccc1OC)S(=O)(=O)c1ccc(C)cc1. The van der Waals surface area contributed by atoms with Gasteiger partial charge in [-0.3, -0.25) is 13.9 Å². The van der Waals surface area contributed by atoms with Crippen molar-refractivity contribution in [2.24, 2.45) is 0 Å². The molecule has 3 aromatic rings. The smallest absolute Gasteiger partial charge is 0.264 e. The normalized spacial score (nSPS) is 11.9. The molecule has 2 amide bonds. The topological polar surface area (TPSA) is 96.0 Å².